The van der Waals surface area contributed by atoms with Crippen molar-refractivity contribution in [2.24, 2.45) is 5.92 Å². The third kappa shape index (κ3) is 5.23. The van der Waals surface area contributed by atoms with Crippen LogP contribution in [0.5, 0.6) is 0 Å². The molecule has 0 saturated carbocycles. The van der Waals surface area contributed by atoms with Gasteiger partial charge in [0, 0.05) is 6.54 Å². The topological polar surface area (TPSA) is 55.4 Å². The van der Waals surface area contributed by atoms with Crippen molar-refractivity contribution in [2.45, 2.75) is 19.8 Å². The van der Waals surface area contributed by atoms with Crippen LogP contribution in [0.3, 0.4) is 0 Å². The molecule has 0 radical (unpaired) electrons. The number of carbonyl (C=O) groups is 2. The first-order valence-electron chi connectivity index (χ1n) is 8.11. The van der Waals surface area contributed by atoms with Crippen LogP contribution in [0.2, 0.25) is 0 Å². The molecule has 126 valence electrons. The molecule has 0 unspecified atom stereocenters. The van der Waals surface area contributed by atoms with E-state index in [0.29, 0.717) is 12.5 Å². The van der Waals surface area contributed by atoms with Crippen molar-refractivity contribution in [2.75, 3.05) is 13.2 Å². The lowest BCUT2D eigenvalue weighted by molar-refractivity contribution is -0.149. The smallest absolute Gasteiger partial charge is 0.318 e. The van der Waals surface area contributed by atoms with Crippen LogP contribution in [0, 0.1) is 5.92 Å². The van der Waals surface area contributed by atoms with Crippen LogP contribution in [0.1, 0.15) is 30.9 Å². The predicted molar refractivity (Wildman–Crippen MR) is 93.5 cm³/mol. The number of hydrogen-bond donors (Lipinski definition) is 1. The minimum absolute atomic E-state index is 0.262. The van der Waals surface area contributed by atoms with E-state index in [0.717, 1.165) is 11.1 Å². The molecule has 0 aliphatic carbocycles. The number of ether oxygens (including phenoxy) is 1. The maximum Gasteiger partial charge on any atom is 0.318 e. The summed E-state index contributed by atoms with van der Waals surface area (Å²) in [5, 5.41) is 2.74. The second-order valence-electron chi connectivity index (χ2n) is 6.06. The fraction of sp³-hybridized carbons (Fsp3) is 0.300. The fourth-order valence-corrected chi connectivity index (χ4v) is 2.34. The molecule has 0 aliphatic heterocycles. The summed E-state index contributed by atoms with van der Waals surface area (Å²) in [5.74, 6) is -0.889. The van der Waals surface area contributed by atoms with E-state index in [2.05, 4.69) is 5.32 Å². The number of amides is 1. The van der Waals surface area contributed by atoms with E-state index in [1.165, 1.54) is 0 Å². The van der Waals surface area contributed by atoms with Gasteiger partial charge in [-0.25, -0.2) is 0 Å². The van der Waals surface area contributed by atoms with Crippen LogP contribution in [-0.2, 0) is 14.3 Å². The van der Waals surface area contributed by atoms with Gasteiger partial charge in [0.1, 0.15) is 5.92 Å². The van der Waals surface area contributed by atoms with Gasteiger partial charge in [-0.15, -0.1) is 0 Å². The summed E-state index contributed by atoms with van der Waals surface area (Å²) in [4.78, 5) is 24.3. The van der Waals surface area contributed by atoms with E-state index in [-0.39, 0.29) is 12.5 Å². The number of nitrogens with one attached hydrogen (secondary N) is 1. The zero-order chi connectivity index (χ0) is 17.4. The van der Waals surface area contributed by atoms with E-state index in [1.54, 1.807) is 0 Å². The summed E-state index contributed by atoms with van der Waals surface area (Å²) >= 11 is 0. The molecule has 0 fully saturated rings. The SMILES string of the molecule is CC(C)CNC(=O)COC(=O)C(c1ccccc1)c1ccccc1. The van der Waals surface area contributed by atoms with Crippen LogP contribution in [0.15, 0.2) is 60.7 Å². The second-order valence-corrected chi connectivity index (χ2v) is 6.06. The average Bonchev–Trinajstić information content (AvgIpc) is 2.60. The Bertz CT molecular complexity index is 614. The lowest BCUT2D eigenvalue weighted by atomic mass is 9.91. The van der Waals surface area contributed by atoms with Gasteiger partial charge in [-0.1, -0.05) is 74.5 Å². The molecule has 2 aromatic rings. The molecule has 0 atom stereocenters. The molecule has 0 saturated heterocycles. The monoisotopic (exact) mass is 325 g/mol. The van der Waals surface area contributed by atoms with E-state index in [9.17, 15) is 9.59 Å². The first kappa shape index (κ1) is 17.7. The molecule has 0 bridgehead atoms. The summed E-state index contributed by atoms with van der Waals surface area (Å²) < 4.78 is 5.26. The Balaban J connectivity index is 2.08. The number of esters is 1. The number of carbonyl (C=O) groups excluding carboxylic acids is 2. The van der Waals surface area contributed by atoms with Gasteiger partial charge in [0.2, 0.25) is 0 Å². The Kier molecular flexibility index (Phi) is 6.55. The maximum absolute atomic E-state index is 12.6. The van der Waals surface area contributed by atoms with Crippen LogP contribution < -0.4 is 5.32 Å². The summed E-state index contributed by atoms with van der Waals surface area (Å²) in [6, 6.07) is 18.9. The van der Waals surface area contributed by atoms with Gasteiger partial charge in [-0.05, 0) is 17.0 Å². The van der Waals surface area contributed by atoms with Gasteiger partial charge >= 0.3 is 5.97 Å². The highest BCUT2D eigenvalue weighted by molar-refractivity contribution is 5.85. The van der Waals surface area contributed by atoms with Crippen molar-refractivity contribution in [1.29, 1.82) is 0 Å². The fourth-order valence-electron chi connectivity index (χ4n) is 2.34. The van der Waals surface area contributed by atoms with Crippen molar-refractivity contribution >= 4 is 11.9 Å². The molecule has 0 aliphatic rings. The summed E-state index contributed by atoms with van der Waals surface area (Å²) in [7, 11) is 0. The number of rotatable bonds is 7. The molecule has 0 spiro atoms. The molecular weight excluding hydrogens is 302 g/mol. The quantitative estimate of drug-likeness (QED) is 0.796. The Morgan fingerprint density at radius 1 is 0.917 bits per heavy atom. The highest BCUT2D eigenvalue weighted by Crippen LogP contribution is 2.25. The molecule has 4 heteroatoms. The molecule has 4 nitrogen and oxygen atoms in total. The molecule has 1 amide bonds. The number of hydrogen-bond acceptors (Lipinski definition) is 3. The Morgan fingerprint density at radius 2 is 1.42 bits per heavy atom. The summed E-state index contributed by atoms with van der Waals surface area (Å²) in [5.41, 5.74) is 1.69. The molecule has 2 aromatic carbocycles. The lowest BCUT2D eigenvalue weighted by Gasteiger charge is -2.17. The summed E-state index contributed by atoms with van der Waals surface area (Å²) in [6.45, 7) is 4.32. The Morgan fingerprint density at radius 3 is 1.88 bits per heavy atom. The van der Waals surface area contributed by atoms with Gasteiger partial charge in [0.05, 0.1) is 0 Å². The third-order valence-electron chi connectivity index (χ3n) is 3.55. The highest BCUT2D eigenvalue weighted by atomic mass is 16.5. The molecule has 24 heavy (non-hydrogen) atoms. The second kappa shape index (κ2) is 8.87. The molecule has 1 N–H and O–H groups in total. The van der Waals surface area contributed by atoms with Crippen molar-refractivity contribution < 1.29 is 14.3 Å². The zero-order valence-corrected chi connectivity index (χ0v) is 14.1. The highest BCUT2D eigenvalue weighted by Gasteiger charge is 2.24. The average molecular weight is 325 g/mol. The molecule has 2 rings (SSSR count). The van der Waals surface area contributed by atoms with Crippen molar-refractivity contribution in [3.8, 4) is 0 Å². The van der Waals surface area contributed by atoms with Crippen molar-refractivity contribution in [1.82, 2.24) is 5.32 Å². The van der Waals surface area contributed by atoms with E-state index >= 15 is 0 Å². The zero-order valence-electron chi connectivity index (χ0n) is 14.1. The predicted octanol–water partition coefficient (Wildman–Crippen LogP) is 3.13. The van der Waals surface area contributed by atoms with Crippen LogP contribution in [0.4, 0.5) is 0 Å². The van der Waals surface area contributed by atoms with Crippen LogP contribution >= 0.6 is 0 Å². The van der Waals surface area contributed by atoms with Crippen molar-refractivity contribution in [3.63, 3.8) is 0 Å². The van der Waals surface area contributed by atoms with E-state index < -0.39 is 11.9 Å². The van der Waals surface area contributed by atoms with Gasteiger partial charge < -0.3 is 10.1 Å². The minimum atomic E-state index is -0.537. The third-order valence-corrected chi connectivity index (χ3v) is 3.55. The van der Waals surface area contributed by atoms with Crippen molar-refractivity contribution in [3.05, 3.63) is 71.8 Å². The number of benzene rings is 2. The van der Waals surface area contributed by atoms with Gasteiger partial charge in [-0.2, -0.15) is 0 Å². The molecule has 0 heterocycles. The Hall–Kier alpha value is -2.62. The van der Waals surface area contributed by atoms with Crippen LogP contribution in [-0.4, -0.2) is 25.0 Å². The summed E-state index contributed by atoms with van der Waals surface area (Å²) in [6.07, 6.45) is 0. The largest absolute Gasteiger partial charge is 0.455 e. The van der Waals surface area contributed by atoms with Gasteiger partial charge in [0.15, 0.2) is 6.61 Å². The first-order chi connectivity index (χ1) is 11.6. The maximum atomic E-state index is 12.6. The Labute approximate surface area is 142 Å². The van der Waals surface area contributed by atoms with Gasteiger partial charge in [-0.3, -0.25) is 9.59 Å². The standard InChI is InChI=1S/C20H23NO3/c1-15(2)13-21-18(22)14-24-20(23)19(16-9-5-3-6-10-16)17-11-7-4-8-12-17/h3-12,15,19H,13-14H2,1-2H3,(H,21,22). The molecule has 0 aromatic heterocycles. The van der Waals surface area contributed by atoms with E-state index in [4.69, 9.17) is 4.74 Å². The first-order valence-corrected chi connectivity index (χ1v) is 8.11. The van der Waals surface area contributed by atoms with Gasteiger partial charge in [0.25, 0.3) is 5.91 Å². The molecular formula is C20H23NO3. The normalized spacial score (nSPS) is 10.7. The lowest BCUT2D eigenvalue weighted by Crippen LogP contribution is -2.32. The van der Waals surface area contributed by atoms with Crippen LogP contribution in [0.25, 0.3) is 0 Å². The minimum Gasteiger partial charge on any atom is -0.455 e. The van der Waals surface area contributed by atoms with E-state index in [1.807, 2.05) is 74.5 Å².